The molecule has 2 heteroatoms. The van der Waals surface area contributed by atoms with Crippen LogP contribution in [0.5, 0.6) is 0 Å². The van der Waals surface area contributed by atoms with E-state index >= 15 is 0 Å². The van der Waals surface area contributed by atoms with Crippen LogP contribution in [0.25, 0.3) is 0 Å². The average molecular weight is 212 g/mol. The monoisotopic (exact) mass is 212 g/mol. The number of allylic oxidation sites excluding steroid dienone is 8. The Morgan fingerprint density at radius 3 is 1.31 bits per heavy atom. The molecule has 0 atom stereocenters. The average Bonchev–Trinajstić information content (AvgIpc) is 2.30. The van der Waals surface area contributed by atoms with Crippen LogP contribution in [0.1, 0.15) is 0 Å². The summed E-state index contributed by atoms with van der Waals surface area (Å²) in [6.45, 7) is 0. The Bertz CT molecular complexity index is 360. The number of nitrogens with zero attached hydrogens (tertiary/aromatic N) is 2. The fraction of sp³-hybridized carbons (Fsp3) is 0.143. The molecule has 2 heterocycles. The van der Waals surface area contributed by atoms with Gasteiger partial charge in [-0.3, -0.25) is 0 Å². The summed E-state index contributed by atoms with van der Waals surface area (Å²) in [4.78, 5) is 4.06. The van der Waals surface area contributed by atoms with Crippen LogP contribution in [0.15, 0.2) is 72.4 Å². The first kappa shape index (κ1) is 10.6. The standard InChI is InChI=1S/C14H16N2/c1-15-9-5-13(6-10-15)3-4-14-7-11-16(2)12-8-14/h3-12H,1-2H3. The van der Waals surface area contributed by atoms with Crippen molar-refractivity contribution in [1.29, 1.82) is 0 Å². The summed E-state index contributed by atoms with van der Waals surface area (Å²) in [7, 11) is 4.04. The van der Waals surface area contributed by atoms with Crippen molar-refractivity contribution in [2.75, 3.05) is 14.1 Å². The molecule has 16 heavy (non-hydrogen) atoms. The van der Waals surface area contributed by atoms with E-state index in [1.165, 1.54) is 11.1 Å². The molecule has 0 fully saturated rings. The normalized spacial score (nSPS) is 18.4. The molecule has 2 aliphatic heterocycles. The Hall–Kier alpha value is -1.96. The first-order valence-electron chi connectivity index (χ1n) is 5.33. The summed E-state index contributed by atoms with van der Waals surface area (Å²) in [5.74, 6) is 0. The van der Waals surface area contributed by atoms with Crippen molar-refractivity contribution in [1.82, 2.24) is 9.80 Å². The predicted octanol–water partition coefficient (Wildman–Crippen LogP) is 2.78. The van der Waals surface area contributed by atoms with E-state index in [9.17, 15) is 0 Å². The summed E-state index contributed by atoms with van der Waals surface area (Å²) >= 11 is 0. The molecule has 0 radical (unpaired) electrons. The minimum absolute atomic E-state index is 1.21. The topological polar surface area (TPSA) is 6.48 Å². The molecule has 0 amide bonds. The van der Waals surface area contributed by atoms with Gasteiger partial charge in [-0.05, 0) is 35.5 Å². The molecule has 0 aromatic heterocycles. The summed E-state index contributed by atoms with van der Waals surface area (Å²) in [5.41, 5.74) is 2.43. The van der Waals surface area contributed by atoms with Gasteiger partial charge in [0.05, 0.1) is 0 Å². The molecular weight excluding hydrogens is 196 g/mol. The van der Waals surface area contributed by atoms with Gasteiger partial charge in [-0.1, -0.05) is 12.2 Å². The maximum Gasteiger partial charge on any atom is 0.0106 e. The molecule has 2 nitrogen and oxygen atoms in total. The fourth-order valence-corrected chi connectivity index (χ4v) is 1.44. The molecule has 2 rings (SSSR count). The molecule has 0 saturated carbocycles. The summed E-state index contributed by atoms with van der Waals surface area (Å²) < 4.78 is 0. The van der Waals surface area contributed by atoms with Crippen LogP contribution in [0.4, 0.5) is 0 Å². The van der Waals surface area contributed by atoms with Crippen LogP contribution in [0.2, 0.25) is 0 Å². The van der Waals surface area contributed by atoms with E-state index in [4.69, 9.17) is 0 Å². The summed E-state index contributed by atoms with van der Waals surface area (Å²) in [5, 5.41) is 0. The zero-order valence-corrected chi connectivity index (χ0v) is 9.67. The van der Waals surface area contributed by atoms with Crippen molar-refractivity contribution in [2.24, 2.45) is 0 Å². The van der Waals surface area contributed by atoms with Crippen LogP contribution < -0.4 is 0 Å². The predicted molar refractivity (Wildman–Crippen MR) is 68.3 cm³/mol. The highest BCUT2D eigenvalue weighted by molar-refractivity contribution is 5.42. The second kappa shape index (κ2) is 4.71. The van der Waals surface area contributed by atoms with E-state index in [0.717, 1.165) is 0 Å². The zero-order valence-electron chi connectivity index (χ0n) is 9.67. The van der Waals surface area contributed by atoms with Crippen molar-refractivity contribution in [3.63, 3.8) is 0 Å². The Kier molecular flexibility index (Phi) is 3.10. The van der Waals surface area contributed by atoms with E-state index in [-0.39, 0.29) is 0 Å². The van der Waals surface area contributed by atoms with Gasteiger partial charge in [-0.2, -0.15) is 0 Å². The highest BCUT2D eigenvalue weighted by Crippen LogP contribution is 2.11. The second-order valence-electron chi connectivity index (χ2n) is 3.93. The van der Waals surface area contributed by atoms with Gasteiger partial charge in [-0.15, -0.1) is 0 Å². The van der Waals surface area contributed by atoms with E-state index in [1.807, 2.05) is 48.7 Å². The van der Waals surface area contributed by atoms with Gasteiger partial charge in [0.25, 0.3) is 0 Å². The zero-order chi connectivity index (χ0) is 11.4. The van der Waals surface area contributed by atoms with Crippen LogP contribution in [-0.2, 0) is 0 Å². The van der Waals surface area contributed by atoms with Crippen molar-refractivity contribution < 1.29 is 0 Å². The quantitative estimate of drug-likeness (QED) is 0.659. The minimum atomic E-state index is 1.21. The highest BCUT2D eigenvalue weighted by Gasteiger charge is 1.95. The van der Waals surface area contributed by atoms with Gasteiger partial charge in [0, 0.05) is 38.9 Å². The summed E-state index contributed by atoms with van der Waals surface area (Å²) in [6, 6.07) is 0. The number of hydrogen-bond donors (Lipinski definition) is 0. The molecule has 0 N–H and O–H groups in total. The van der Waals surface area contributed by atoms with Crippen LogP contribution in [0.3, 0.4) is 0 Å². The molecule has 0 bridgehead atoms. The Balaban J connectivity index is 2.07. The smallest absolute Gasteiger partial charge is 0.0106 e. The Morgan fingerprint density at radius 1 is 0.688 bits per heavy atom. The maximum absolute atomic E-state index is 2.12. The first-order valence-corrected chi connectivity index (χ1v) is 5.33. The van der Waals surface area contributed by atoms with Gasteiger partial charge in [0.2, 0.25) is 0 Å². The minimum Gasteiger partial charge on any atom is -0.357 e. The third kappa shape index (κ3) is 2.76. The van der Waals surface area contributed by atoms with E-state index in [2.05, 4.69) is 36.5 Å². The Labute approximate surface area is 96.9 Å². The SMILES string of the molecule is CN1C=CC(=CC=C2C=CN(C)C=C2)C=C1. The molecule has 0 unspecified atom stereocenters. The van der Waals surface area contributed by atoms with Gasteiger partial charge in [-0.25, -0.2) is 0 Å². The lowest BCUT2D eigenvalue weighted by Gasteiger charge is -2.12. The lowest BCUT2D eigenvalue weighted by atomic mass is 10.1. The lowest BCUT2D eigenvalue weighted by molar-refractivity contribution is 0.619. The van der Waals surface area contributed by atoms with Crippen LogP contribution in [-0.4, -0.2) is 23.9 Å². The molecule has 0 aliphatic carbocycles. The van der Waals surface area contributed by atoms with Crippen molar-refractivity contribution in [3.8, 4) is 0 Å². The van der Waals surface area contributed by atoms with Gasteiger partial charge < -0.3 is 9.80 Å². The molecule has 0 spiro atoms. The van der Waals surface area contributed by atoms with E-state index in [0.29, 0.717) is 0 Å². The number of rotatable bonds is 1. The highest BCUT2D eigenvalue weighted by atomic mass is 15.1. The lowest BCUT2D eigenvalue weighted by Crippen LogP contribution is -2.03. The molecule has 2 aliphatic rings. The molecule has 0 aromatic rings. The maximum atomic E-state index is 2.12. The van der Waals surface area contributed by atoms with Crippen molar-refractivity contribution in [3.05, 3.63) is 72.4 Å². The summed E-state index contributed by atoms with van der Waals surface area (Å²) in [6.07, 6.45) is 20.8. The molecule has 0 aromatic carbocycles. The largest absolute Gasteiger partial charge is 0.357 e. The molecular formula is C14H16N2. The van der Waals surface area contributed by atoms with Gasteiger partial charge >= 0.3 is 0 Å². The third-order valence-electron chi connectivity index (χ3n) is 2.48. The number of hydrogen-bond acceptors (Lipinski definition) is 2. The van der Waals surface area contributed by atoms with Crippen molar-refractivity contribution in [2.45, 2.75) is 0 Å². The molecule has 0 saturated heterocycles. The van der Waals surface area contributed by atoms with Gasteiger partial charge in [0.1, 0.15) is 0 Å². The Morgan fingerprint density at radius 2 is 1.00 bits per heavy atom. The van der Waals surface area contributed by atoms with Crippen LogP contribution >= 0.6 is 0 Å². The van der Waals surface area contributed by atoms with Crippen LogP contribution in [0, 0.1) is 0 Å². The van der Waals surface area contributed by atoms with E-state index < -0.39 is 0 Å². The van der Waals surface area contributed by atoms with E-state index in [1.54, 1.807) is 0 Å². The fourth-order valence-electron chi connectivity index (χ4n) is 1.44. The second-order valence-corrected chi connectivity index (χ2v) is 3.93. The van der Waals surface area contributed by atoms with Gasteiger partial charge in [0.15, 0.2) is 0 Å². The van der Waals surface area contributed by atoms with Crippen molar-refractivity contribution >= 4 is 0 Å². The first-order chi connectivity index (χ1) is 7.74. The third-order valence-corrected chi connectivity index (χ3v) is 2.48. The molecule has 82 valence electrons.